The number of fused-ring (bicyclic) bond motifs is 4. The number of hydrogen-bond acceptors (Lipinski definition) is 5. The number of carbonyl (C=O) groups excluding carboxylic acids is 2. The van der Waals surface area contributed by atoms with Gasteiger partial charge in [0.05, 0.1) is 13.7 Å². The van der Waals surface area contributed by atoms with Crippen molar-refractivity contribution in [3.05, 3.63) is 34.2 Å². The number of esters is 1. The number of pyridine rings is 1. The van der Waals surface area contributed by atoms with E-state index in [1.807, 2.05) is 10.6 Å². The first-order valence-electron chi connectivity index (χ1n) is 7.57. The molecule has 6 heteroatoms. The molecule has 118 valence electrons. The quantitative estimate of drug-likeness (QED) is 0.595. The monoisotopic (exact) mass is 304 g/mol. The molecule has 0 saturated carbocycles. The molecule has 3 heterocycles. The van der Waals surface area contributed by atoms with Crippen molar-refractivity contribution in [2.45, 2.75) is 25.3 Å². The molecule has 1 saturated heterocycles. The van der Waals surface area contributed by atoms with Crippen molar-refractivity contribution in [1.29, 1.82) is 0 Å². The van der Waals surface area contributed by atoms with Crippen LogP contribution in [0.1, 0.15) is 24.5 Å². The normalized spacial score (nSPS) is 23.7. The summed E-state index contributed by atoms with van der Waals surface area (Å²) in [6.45, 7) is 2.55. The molecule has 2 bridgehead atoms. The zero-order chi connectivity index (χ0) is 15.7. The van der Waals surface area contributed by atoms with Gasteiger partial charge in [0, 0.05) is 37.3 Å². The van der Waals surface area contributed by atoms with Crippen LogP contribution >= 0.6 is 0 Å². The van der Waals surface area contributed by atoms with E-state index in [-0.39, 0.29) is 30.2 Å². The van der Waals surface area contributed by atoms with Crippen molar-refractivity contribution in [3.8, 4) is 0 Å². The largest absolute Gasteiger partial charge is 0.469 e. The lowest BCUT2D eigenvalue weighted by molar-refractivity contribution is -0.143. The van der Waals surface area contributed by atoms with E-state index >= 15 is 0 Å². The summed E-state index contributed by atoms with van der Waals surface area (Å²) in [5, 5.41) is 0. The highest BCUT2D eigenvalue weighted by Crippen LogP contribution is 2.34. The van der Waals surface area contributed by atoms with E-state index in [1.165, 1.54) is 7.11 Å². The predicted molar refractivity (Wildman–Crippen MR) is 79.6 cm³/mol. The fourth-order valence-corrected chi connectivity index (χ4v) is 3.66. The Kier molecular flexibility index (Phi) is 4.11. The first-order valence-corrected chi connectivity index (χ1v) is 7.57. The predicted octanol–water partition coefficient (Wildman–Crippen LogP) is 0.400. The average Bonchev–Trinajstić information content (AvgIpc) is 2.48. The zero-order valence-electron chi connectivity index (χ0n) is 12.7. The van der Waals surface area contributed by atoms with E-state index in [2.05, 4.69) is 9.64 Å². The molecule has 1 aromatic heterocycles. The van der Waals surface area contributed by atoms with E-state index < -0.39 is 5.97 Å². The van der Waals surface area contributed by atoms with Crippen LogP contribution in [0, 0.1) is 5.92 Å². The standard InChI is InChI=1S/C16H20N2O4/c1-22-16(21)6-13(19)10-17-7-11-5-12(9-17)14-3-2-4-15(20)18(14)8-11/h2-4,11-12H,5-10H2,1H3/t11-,12+/m0/s1. The number of nitrogens with zero attached hydrogens (tertiary/aromatic N) is 2. The van der Waals surface area contributed by atoms with Crippen LogP contribution in [0.15, 0.2) is 23.0 Å². The molecule has 2 aliphatic heterocycles. The SMILES string of the molecule is COC(=O)CC(=O)CN1C[C@@H]2C[C@H](C1)c1cccc(=O)n1C2. The smallest absolute Gasteiger partial charge is 0.313 e. The van der Waals surface area contributed by atoms with Gasteiger partial charge in [-0.25, -0.2) is 0 Å². The van der Waals surface area contributed by atoms with Crippen LogP contribution in [-0.2, 0) is 20.9 Å². The molecule has 6 nitrogen and oxygen atoms in total. The number of ketones is 1. The first kappa shape index (κ1) is 15.0. The molecule has 1 aromatic rings. The zero-order valence-corrected chi connectivity index (χ0v) is 12.7. The van der Waals surface area contributed by atoms with Gasteiger partial charge >= 0.3 is 5.97 Å². The molecule has 0 spiro atoms. The summed E-state index contributed by atoms with van der Waals surface area (Å²) in [5.74, 6) is 0.0704. The van der Waals surface area contributed by atoms with Crippen molar-refractivity contribution < 1.29 is 14.3 Å². The summed E-state index contributed by atoms with van der Waals surface area (Å²) in [4.78, 5) is 37.1. The summed E-state index contributed by atoms with van der Waals surface area (Å²) in [7, 11) is 1.29. The molecule has 1 fully saturated rings. The Balaban J connectivity index is 1.70. The third-order valence-corrected chi connectivity index (χ3v) is 4.52. The highest BCUT2D eigenvalue weighted by atomic mass is 16.5. The number of piperidine rings is 1. The van der Waals surface area contributed by atoms with E-state index in [0.29, 0.717) is 12.5 Å². The third kappa shape index (κ3) is 2.97. The van der Waals surface area contributed by atoms with Gasteiger partial charge in [-0.1, -0.05) is 6.07 Å². The Bertz CT molecular complexity index is 652. The molecule has 0 N–H and O–H groups in total. The molecule has 0 aromatic carbocycles. The van der Waals surface area contributed by atoms with Gasteiger partial charge in [-0.2, -0.15) is 0 Å². The Morgan fingerprint density at radius 3 is 2.86 bits per heavy atom. The number of aromatic nitrogens is 1. The van der Waals surface area contributed by atoms with Gasteiger partial charge in [-0.3, -0.25) is 19.3 Å². The molecule has 0 unspecified atom stereocenters. The van der Waals surface area contributed by atoms with Crippen molar-refractivity contribution in [2.24, 2.45) is 5.92 Å². The highest BCUT2D eigenvalue weighted by Gasteiger charge is 2.34. The van der Waals surface area contributed by atoms with Gasteiger partial charge in [0.1, 0.15) is 6.42 Å². The van der Waals surface area contributed by atoms with Gasteiger partial charge in [-0.05, 0) is 18.4 Å². The van der Waals surface area contributed by atoms with Crippen LogP contribution in [-0.4, -0.2) is 48.0 Å². The second-order valence-corrected chi connectivity index (χ2v) is 6.18. The molecule has 3 rings (SSSR count). The second kappa shape index (κ2) is 6.04. The van der Waals surface area contributed by atoms with Gasteiger partial charge < -0.3 is 9.30 Å². The maximum absolute atomic E-state index is 12.0. The molecule has 22 heavy (non-hydrogen) atoms. The number of Topliss-reactive ketones (excluding diaryl/α,β-unsaturated/α-hetero) is 1. The number of hydrogen-bond donors (Lipinski definition) is 0. The molecule has 0 radical (unpaired) electrons. The lowest BCUT2D eigenvalue weighted by Crippen LogP contribution is -2.48. The number of ether oxygens (including phenoxy) is 1. The summed E-state index contributed by atoms with van der Waals surface area (Å²) in [5.41, 5.74) is 1.12. The maximum Gasteiger partial charge on any atom is 0.313 e. The van der Waals surface area contributed by atoms with Crippen LogP contribution in [0.25, 0.3) is 0 Å². The van der Waals surface area contributed by atoms with E-state index in [9.17, 15) is 14.4 Å². The number of carbonyl (C=O) groups is 2. The number of methoxy groups -OCH3 is 1. The Morgan fingerprint density at radius 2 is 2.09 bits per heavy atom. The van der Waals surface area contributed by atoms with Crippen LogP contribution < -0.4 is 5.56 Å². The Labute approximate surface area is 128 Å². The fourth-order valence-electron chi connectivity index (χ4n) is 3.66. The number of likely N-dealkylation sites (tertiary alicyclic amines) is 1. The summed E-state index contributed by atoms with van der Waals surface area (Å²) < 4.78 is 6.40. The van der Waals surface area contributed by atoms with Crippen LogP contribution in [0.5, 0.6) is 0 Å². The molecule has 2 aliphatic rings. The molecular weight excluding hydrogens is 284 g/mol. The van der Waals surface area contributed by atoms with E-state index in [1.54, 1.807) is 12.1 Å². The molecule has 0 amide bonds. The topological polar surface area (TPSA) is 68.6 Å². The van der Waals surface area contributed by atoms with Crippen molar-refractivity contribution in [1.82, 2.24) is 9.47 Å². The van der Waals surface area contributed by atoms with E-state index in [4.69, 9.17) is 0 Å². The van der Waals surface area contributed by atoms with Gasteiger partial charge in [0.15, 0.2) is 5.78 Å². The Morgan fingerprint density at radius 1 is 1.27 bits per heavy atom. The first-order chi connectivity index (χ1) is 10.6. The fraction of sp³-hybridized carbons (Fsp3) is 0.562. The van der Waals surface area contributed by atoms with Crippen LogP contribution in [0.2, 0.25) is 0 Å². The third-order valence-electron chi connectivity index (χ3n) is 4.52. The Hall–Kier alpha value is -1.95. The van der Waals surface area contributed by atoms with Crippen molar-refractivity contribution >= 4 is 11.8 Å². The summed E-state index contributed by atoms with van der Waals surface area (Å²) >= 11 is 0. The van der Waals surface area contributed by atoms with Gasteiger partial charge in [-0.15, -0.1) is 0 Å². The van der Waals surface area contributed by atoms with Crippen molar-refractivity contribution in [2.75, 3.05) is 26.7 Å². The highest BCUT2D eigenvalue weighted by molar-refractivity contribution is 5.96. The minimum atomic E-state index is -0.487. The number of rotatable bonds is 4. The lowest BCUT2D eigenvalue weighted by Gasteiger charge is -2.42. The maximum atomic E-state index is 12.0. The van der Waals surface area contributed by atoms with Crippen LogP contribution in [0.4, 0.5) is 0 Å². The molecule has 2 atom stereocenters. The van der Waals surface area contributed by atoms with E-state index in [0.717, 1.165) is 25.2 Å². The summed E-state index contributed by atoms with van der Waals surface area (Å²) in [6, 6.07) is 5.40. The summed E-state index contributed by atoms with van der Waals surface area (Å²) in [6.07, 6.45) is 0.892. The van der Waals surface area contributed by atoms with Crippen molar-refractivity contribution in [3.63, 3.8) is 0 Å². The minimum Gasteiger partial charge on any atom is -0.469 e. The van der Waals surface area contributed by atoms with Crippen LogP contribution in [0.3, 0.4) is 0 Å². The van der Waals surface area contributed by atoms with Gasteiger partial charge in [0.25, 0.3) is 5.56 Å². The second-order valence-electron chi connectivity index (χ2n) is 6.18. The lowest BCUT2D eigenvalue weighted by atomic mass is 9.83. The molecular formula is C16H20N2O4. The average molecular weight is 304 g/mol. The minimum absolute atomic E-state index is 0.0578. The van der Waals surface area contributed by atoms with Gasteiger partial charge in [0.2, 0.25) is 0 Å². The molecule has 0 aliphatic carbocycles.